The number of amides is 1. The summed E-state index contributed by atoms with van der Waals surface area (Å²) in [6.45, 7) is 4.38. The lowest BCUT2D eigenvalue weighted by Crippen LogP contribution is -2.37. The lowest BCUT2D eigenvalue weighted by molar-refractivity contribution is 0.0955. The largest absolute Gasteiger partial charge is 0.354 e. The van der Waals surface area contributed by atoms with Crippen LogP contribution in [-0.2, 0) is 13.0 Å². The molecule has 3 rings (SSSR count). The van der Waals surface area contributed by atoms with Crippen molar-refractivity contribution >= 4 is 5.91 Å². The zero-order chi connectivity index (χ0) is 17.8. The third-order valence-electron chi connectivity index (χ3n) is 4.50. The Kier molecular flexibility index (Phi) is 5.28. The summed E-state index contributed by atoms with van der Waals surface area (Å²) in [6, 6.07) is 3.50. The molecule has 1 saturated heterocycles. The number of nitrogens with one attached hydrogen (secondary N) is 2. The molecule has 2 aromatic rings. The predicted molar refractivity (Wildman–Crippen MR) is 93.4 cm³/mol. The van der Waals surface area contributed by atoms with Crippen LogP contribution >= 0.6 is 0 Å². The molecule has 0 aliphatic carbocycles. The second kappa shape index (κ2) is 7.60. The van der Waals surface area contributed by atoms with Crippen molar-refractivity contribution in [2.45, 2.75) is 38.8 Å². The molecule has 3 heterocycles. The molecule has 0 bridgehead atoms. The number of hydrogen-bond donors (Lipinski definition) is 2. The highest BCUT2D eigenvalue weighted by molar-refractivity contribution is 5.91. The van der Waals surface area contributed by atoms with Gasteiger partial charge in [0.25, 0.3) is 11.5 Å². The van der Waals surface area contributed by atoms with Gasteiger partial charge in [-0.05, 0) is 31.9 Å². The number of nitrogens with zero attached hydrogens (tertiary/aromatic N) is 4. The average Bonchev–Trinajstić information content (AvgIpc) is 3.11. The smallest absolute Gasteiger partial charge is 0.271 e. The zero-order valence-electron chi connectivity index (χ0n) is 14.7. The Hall–Kier alpha value is -2.48. The van der Waals surface area contributed by atoms with Gasteiger partial charge in [-0.1, -0.05) is 6.92 Å². The van der Waals surface area contributed by atoms with E-state index in [0.717, 1.165) is 38.0 Å². The molecule has 2 aromatic heterocycles. The Balaban J connectivity index is 1.69. The van der Waals surface area contributed by atoms with Crippen LogP contribution in [0.2, 0.25) is 0 Å². The van der Waals surface area contributed by atoms with Crippen LogP contribution < -0.4 is 10.9 Å². The van der Waals surface area contributed by atoms with Gasteiger partial charge in [0.05, 0.1) is 12.6 Å². The second-order valence-corrected chi connectivity index (χ2v) is 6.33. The number of carbonyl (C=O) groups excluding carboxylic acids is 1. The number of aromatic nitrogens is 4. The Morgan fingerprint density at radius 2 is 2.32 bits per heavy atom. The molecule has 8 heteroatoms. The predicted octanol–water partition coefficient (Wildman–Crippen LogP) is 0.726. The van der Waals surface area contributed by atoms with Crippen molar-refractivity contribution in [1.82, 2.24) is 30.0 Å². The number of aryl methyl sites for hydroxylation is 1. The Bertz CT molecular complexity index is 796. The van der Waals surface area contributed by atoms with Gasteiger partial charge in [-0.25, -0.2) is 4.98 Å². The first-order chi connectivity index (χ1) is 12.1. The third-order valence-corrected chi connectivity index (χ3v) is 4.50. The minimum absolute atomic E-state index is 0.0993. The van der Waals surface area contributed by atoms with Crippen LogP contribution in [-0.4, -0.2) is 50.7 Å². The highest BCUT2D eigenvalue weighted by atomic mass is 16.1. The Morgan fingerprint density at radius 3 is 3.08 bits per heavy atom. The molecule has 0 spiro atoms. The zero-order valence-corrected chi connectivity index (χ0v) is 14.7. The standard InChI is InChI=1S/C17H24N6O2/c1-3-12-9-16(24)20-15(19-12)11-22-7-4-5-13(10-22)23-8-6-14(21-23)17(25)18-2/h6,8-9,13H,3-5,7,10-11H2,1-2H3,(H,18,25)(H,19,20,24)/t13-/m1/s1. The van der Waals surface area contributed by atoms with Crippen LogP contribution in [0, 0.1) is 0 Å². The first-order valence-electron chi connectivity index (χ1n) is 8.67. The topological polar surface area (TPSA) is 95.9 Å². The maximum Gasteiger partial charge on any atom is 0.271 e. The van der Waals surface area contributed by atoms with Gasteiger partial charge in [-0.3, -0.25) is 19.2 Å². The van der Waals surface area contributed by atoms with Gasteiger partial charge in [-0.15, -0.1) is 0 Å². The molecule has 2 N–H and O–H groups in total. The maximum absolute atomic E-state index is 11.7. The molecule has 1 fully saturated rings. The van der Waals surface area contributed by atoms with Crippen molar-refractivity contribution < 1.29 is 4.79 Å². The van der Waals surface area contributed by atoms with Crippen LogP contribution in [0.3, 0.4) is 0 Å². The summed E-state index contributed by atoms with van der Waals surface area (Å²) in [5, 5.41) is 6.98. The van der Waals surface area contributed by atoms with Crippen molar-refractivity contribution in [2.24, 2.45) is 0 Å². The van der Waals surface area contributed by atoms with E-state index in [-0.39, 0.29) is 17.5 Å². The van der Waals surface area contributed by atoms with Gasteiger partial charge in [0.1, 0.15) is 11.5 Å². The molecule has 0 unspecified atom stereocenters. The number of rotatable bonds is 5. The van der Waals surface area contributed by atoms with Gasteiger partial charge >= 0.3 is 0 Å². The fraction of sp³-hybridized carbons (Fsp3) is 0.529. The lowest BCUT2D eigenvalue weighted by atomic mass is 10.1. The number of hydrogen-bond acceptors (Lipinski definition) is 5. The summed E-state index contributed by atoms with van der Waals surface area (Å²) in [4.78, 5) is 33.0. The second-order valence-electron chi connectivity index (χ2n) is 6.33. The van der Waals surface area contributed by atoms with Crippen LogP contribution in [0.4, 0.5) is 0 Å². The van der Waals surface area contributed by atoms with E-state index in [2.05, 4.69) is 25.3 Å². The molecule has 8 nitrogen and oxygen atoms in total. The van der Waals surface area contributed by atoms with Crippen LogP contribution in [0.25, 0.3) is 0 Å². The van der Waals surface area contributed by atoms with Gasteiger partial charge in [0.2, 0.25) is 0 Å². The lowest BCUT2D eigenvalue weighted by Gasteiger charge is -2.32. The SMILES string of the molecule is CCc1cc(=O)[nH]c(CN2CCC[C@@H](n3ccc(C(=O)NC)n3)C2)n1. The van der Waals surface area contributed by atoms with Gasteiger partial charge in [0, 0.05) is 31.5 Å². The van der Waals surface area contributed by atoms with E-state index < -0.39 is 0 Å². The fourth-order valence-electron chi connectivity index (χ4n) is 3.21. The first-order valence-corrected chi connectivity index (χ1v) is 8.67. The highest BCUT2D eigenvalue weighted by Crippen LogP contribution is 2.22. The molecular weight excluding hydrogens is 320 g/mol. The molecule has 0 saturated carbocycles. The monoisotopic (exact) mass is 344 g/mol. The summed E-state index contributed by atoms with van der Waals surface area (Å²) in [7, 11) is 1.60. The quantitative estimate of drug-likeness (QED) is 0.833. The van der Waals surface area contributed by atoms with Crippen LogP contribution in [0.15, 0.2) is 23.1 Å². The minimum atomic E-state index is -0.176. The van der Waals surface area contributed by atoms with E-state index in [1.165, 1.54) is 0 Å². The third kappa shape index (κ3) is 4.14. The van der Waals surface area contributed by atoms with E-state index >= 15 is 0 Å². The van der Waals surface area contributed by atoms with Crippen LogP contribution in [0.1, 0.15) is 47.8 Å². The molecule has 0 radical (unpaired) electrons. The van der Waals surface area contributed by atoms with Crippen molar-refractivity contribution in [2.75, 3.05) is 20.1 Å². The first kappa shape index (κ1) is 17.3. The molecule has 1 aliphatic heterocycles. The summed E-state index contributed by atoms with van der Waals surface area (Å²) < 4.78 is 1.87. The van der Waals surface area contributed by atoms with E-state index in [9.17, 15) is 9.59 Å². The van der Waals surface area contributed by atoms with Gasteiger partial charge < -0.3 is 10.3 Å². The van der Waals surface area contributed by atoms with E-state index in [4.69, 9.17) is 0 Å². The molecule has 134 valence electrons. The van der Waals surface area contributed by atoms with Crippen molar-refractivity contribution in [1.29, 1.82) is 0 Å². The van der Waals surface area contributed by atoms with Gasteiger partial charge in [0.15, 0.2) is 0 Å². The van der Waals surface area contributed by atoms with E-state index in [0.29, 0.717) is 18.1 Å². The molecule has 1 amide bonds. The van der Waals surface area contributed by atoms with Gasteiger partial charge in [-0.2, -0.15) is 5.10 Å². The number of aromatic amines is 1. The molecular formula is C17H24N6O2. The molecule has 0 aromatic carbocycles. The molecule has 1 atom stereocenters. The molecule has 1 aliphatic rings. The number of piperidine rings is 1. The van der Waals surface area contributed by atoms with Crippen molar-refractivity contribution in [3.63, 3.8) is 0 Å². The normalized spacial score (nSPS) is 18.2. The minimum Gasteiger partial charge on any atom is -0.354 e. The van der Waals surface area contributed by atoms with Crippen LogP contribution in [0.5, 0.6) is 0 Å². The Morgan fingerprint density at radius 1 is 1.48 bits per heavy atom. The van der Waals surface area contributed by atoms with Crippen molar-refractivity contribution in [3.8, 4) is 0 Å². The number of carbonyl (C=O) groups is 1. The number of H-pyrrole nitrogens is 1. The van der Waals surface area contributed by atoms with Crippen molar-refractivity contribution in [3.05, 3.63) is 45.9 Å². The highest BCUT2D eigenvalue weighted by Gasteiger charge is 2.23. The molecule has 25 heavy (non-hydrogen) atoms. The Labute approximate surface area is 146 Å². The average molecular weight is 344 g/mol. The summed E-state index contributed by atoms with van der Waals surface area (Å²) in [5.74, 6) is 0.529. The maximum atomic E-state index is 11.7. The number of likely N-dealkylation sites (tertiary alicyclic amines) is 1. The van der Waals surface area contributed by atoms with E-state index in [1.807, 2.05) is 17.8 Å². The fourth-order valence-corrected chi connectivity index (χ4v) is 3.21. The summed E-state index contributed by atoms with van der Waals surface area (Å²) in [5.41, 5.74) is 1.15. The summed E-state index contributed by atoms with van der Waals surface area (Å²) >= 11 is 0. The van der Waals surface area contributed by atoms with E-state index in [1.54, 1.807) is 19.2 Å². The summed E-state index contributed by atoms with van der Waals surface area (Å²) in [6.07, 6.45) is 4.66.